The monoisotopic (exact) mass is 264 g/mol. The Morgan fingerprint density at radius 1 is 1.16 bits per heavy atom. The molecule has 1 aromatic rings. The number of amides is 2. The van der Waals surface area contributed by atoms with E-state index >= 15 is 0 Å². The Hall–Kier alpha value is -1.88. The molecule has 19 heavy (non-hydrogen) atoms. The molecule has 104 valence electrons. The third kappa shape index (κ3) is 7.21. The zero-order valence-electron chi connectivity index (χ0n) is 11.3. The molecule has 1 aromatic carbocycles. The average Bonchev–Trinajstić information content (AvgIpc) is 2.37. The van der Waals surface area contributed by atoms with Gasteiger partial charge in [-0.3, -0.25) is 9.59 Å². The molecular weight excluding hydrogens is 244 g/mol. The normalized spacial score (nSPS) is 10.3. The van der Waals surface area contributed by atoms with E-state index in [1.54, 1.807) is 0 Å². The first-order valence-corrected chi connectivity index (χ1v) is 6.25. The van der Waals surface area contributed by atoms with Crippen LogP contribution in [0.5, 0.6) is 0 Å². The molecular formula is C14H20N2O3. The fraction of sp³-hybridized carbons (Fsp3) is 0.429. The van der Waals surface area contributed by atoms with Crippen molar-refractivity contribution in [3.8, 4) is 0 Å². The Labute approximate surface area is 113 Å². The third-order valence-electron chi connectivity index (χ3n) is 2.24. The summed E-state index contributed by atoms with van der Waals surface area (Å²) in [6.45, 7) is 4.04. The molecule has 0 aliphatic carbocycles. The van der Waals surface area contributed by atoms with Crippen LogP contribution in [0.1, 0.15) is 19.4 Å². The molecule has 2 amide bonds. The highest BCUT2D eigenvalue weighted by Gasteiger charge is 2.06. The predicted octanol–water partition coefficient (Wildman–Crippen LogP) is 0.844. The Morgan fingerprint density at radius 2 is 1.84 bits per heavy atom. The highest BCUT2D eigenvalue weighted by atomic mass is 16.5. The molecule has 5 heteroatoms. The summed E-state index contributed by atoms with van der Waals surface area (Å²) in [5, 5.41) is 5.18. The number of benzene rings is 1. The Balaban J connectivity index is 2.13. The first-order chi connectivity index (χ1) is 9.08. The van der Waals surface area contributed by atoms with Crippen molar-refractivity contribution < 1.29 is 14.3 Å². The van der Waals surface area contributed by atoms with Gasteiger partial charge >= 0.3 is 0 Å². The molecule has 0 radical (unpaired) electrons. The molecule has 0 aromatic heterocycles. The van der Waals surface area contributed by atoms with Gasteiger partial charge < -0.3 is 15.4 Å². The highest BCUT2D eigenvalue weighted by Crippen LogP contribution is 1.99. The van der Waals surface area contributed by atoms with Crippen LogP contribution >= 0.6 is 0 Å². The summed E-state index contributed by atoms with van der Waals surface area (Å²) < 4.78 is 5.25. The van der Waals surface area contributed by atoms with Crippen molar-refractivity contribution in [3.05, 3.63) is 35.9 Å². The average molecular weight is 264 g/mol. The minimum absolute atomic E-state index is 0.0221. The molecule has 0 saturated carbocycles. The van der Waals surface area contributed by atoms with E-state index in [1.807, 2.05) is 44.2 Å². The van der Waals surface area contributed by atoms with Gasteiger partial charge in [-0.05, 0) is 19.4 Å². The van der Waals surface area contributed by atoms with Gasteiger partial charge in [0.2, 0.25) is 11.8 Å². The van der Waals surface area contributed by atoms with Crippen LogP contribution < -0.4 is 10.6 Å². The van der Waals surface area contributed by atoms with Crippen LogP contribution in [-0.4, -0.2) is 31.0 Å². The second-order valence-corrected chi connectivity index (χ2v) is 4.48. The largest absolute Gasteiger partial charge is 0.367 e. The molecule has 0 heterocycles. The molecule has 0 fully saturated rings. The fourth-order valence-electron chi connectivity index (χ4n) is 1.44. The van der Waals surface area contributed by atoms with Crippen molar-refractivity contribution in [1.82, 2.24) is 10.6 Å². The second-order valence-electron chi connectivity index (χ2n) is 4.48. The molecule has 1 rings (SSSR count). The number of ether oxygens (including phenoxy) is 1. The minimum Gasteiger partial charge on any atom is -0.367 e. The molecule has 0 saturated heterocycles. The van der Waals surface area contributed by atoms with Crippen molar-refractivity contribution in [2.75, 3.05) is 13.2 Å². The van der Waals surface area contributed by atoms with Gasteiger partial charge in [-0.25, -0.2) is 0 Å². The Kier molecular flexibility index (Phi) is 6.60. The van der Waals surface area contributed by atoms with Crippen LogP contribution in [0.2, 0.25) is 0 Å². The Bertz CT molecular complexity index is 404. The minimum atomic E-state index is -0.296. The SMILES string of the molecule is CC(C)NC(=O)CNC(=O)COCc1ccccc1. The van der Waals surface area contributed by atoms with Gasteiger partial charge in [0.15, 0.2) is 0 Å². The van der Waals surface area contributed by atoms with E-state index in [9.17, 15) is 9.59 Å². The van der Waals surface area contributed by atoms with Gasteiger partial charge in [-0.1, -0.05) is 30.3 Å². The van der Waals surface area contributed by atoms with Crippen LogP contribution in [-0.2, 0) is 20.9 Å². The standard InChI is InChI=1S/C14H20N2O3/c1-11(2)16-13(17)8-15-14(18)10-19-9-12-6-4-3-5-7-12/h3-7,11H,8-10H2,1-2H3,(H,15,18)(H,16,17). The summed E-state index contributed by atoms with van der Waals surface area (Å²) in [7, 11) is 0. The maximum atomic E-state index is 11.4. The van der Waals surface area contributed by atoms with E-state index in [1.165, 1.54) is 0 Å². The molecule has 2 N–H and O–H groups in total. The summed E-state index contributed by atoms with van der Waals surface area (Å²) in [4.78, 5) is 22.7. The first kappa shape index (κ1) is 15.2. The lowest BCUT2D eigenvalue weighted by molar-refractivity contribution is -0.129. The van der Waals surface area contributed by atoms with Gasteiger partial charge in [0.05, 0.1) is 13.2 Å². The van der Waals surface area contributed by atoms with E-state index in [-0.39, 0.29) is 31.0 Å². The number of hydrogen-bond acceptors (Lipinski definition) is 3. The first-order valence-electron chi connectivity index (χ1n) is 6.25. The molecule has 0 unspecified atom stereocenters. The molecule has 0 aliphatic rings. The van der Waals surface area contributed by atoms with Gasteiger partial charge in [-0.2, -0.15) is 0 Å². The van der Waals surface area contributed by atoms with E-state index in [2.05, 4.69) is 10.6 Å². The van der Waals surface area contributed by atoms with Crippen molar-refractivity contribution >= 4 is 11.8 Å². The van der Waals surface area contributed by atoms with E-state index in [4.69, 9.17) is 4.74 Å². The molecule has 0 spiro atoms. The lowest BCUT2D eigenvalue weighted by Gasteiger charge is -2.09. The molecule has 5 nitrogen and oxygen atoms in total. The lowest BCUT2D eigenvalue weighted by Crippen LogP contribution is -2.40. The van der Waals surface area contributed by atoms with Gasteiger partial charge in [0, 0.05) is 6.04 Å². The predicted molar refractivity (Wildman–Crippen MR) is 72.4 cm³/mol. The molecule has 0 atom stereocenters. The van der Waals surface area contributed by atoms with E-state index in [0.29, 0.717) is 6.61 Å². The van der Waals surface area contributed by atoms with Crippen molar-refractivity contribution in [2.45, 2.75) is 26.5 Å². The van der Waals surface area contributed by atoms with Crippen molar-refractivity contribution in [1.29, 1.82) is 0 Å². The van der Waals surface area contributed by atoms with Gasteiger partial charge in [-0.15, -0.1) is 0 Å². The lowest BCUT2D eigenvalue weighted by atomic mass is 10.2. The second kappa shape index (κ2) is 8.26. The zero-order valence-corrected chi connectivity index (χ0v) is 11.3. The number of carbonyl (C=O) groups excluding carboxylic acids is 2. The summed E-state index contributed by atoms with van der Waals surface area (Å²) in [5.41, 5.74) is 1.01. The van der Waals surface area contributed by atoms with Gasteiger partial charge in [0.25, 0.3) is 0 Å². The molecule has 0 aliphatic heterocycles. The smallest absolute Gasteiger partial charge is 0.246 e. The summed E-state index contributed by atoms with van der Waals surface area (Å²) in [6.07, 6.45) is 0. The van der Waals surface area contributed by atoms with Crippen LogP contribution in [0.15, 0.2) is 30.3 Å². The van der Waals surface area contributed by atoms with E-state index in [0.717, 1.165) is 5.56 Å². The maximum Gasteiger partial charge on any atom is 0.246 e. The van der Waals surface area contributed by atoms with Crippen LogP contribution in [0.25, 0.3) is 0 Å². The maximum absolute atomic E-state index is 11.4. The third-order valence-corrected chi connectivity index (χ3v) is 2.24. The zero-order chi connectivity index (χ0) is 14.1. The number of carbonyl (C=O) groups is 2. The summed E-state index contributed by atoms with van der Waals surface area (Å²) in [6, 6.07) is 9.66. The van der Waals surface area contributed by atoms with Crippen LogP contribution in [0.3, 0.4) is 0 Å². The summed E-state index contributed by atoms with van der Waals surface area (Å²) >= 11 is 0. The van der Waals surface area contributed by atoms with Gasteiger partial charge in [0.1, 0.15) is 6.61 Å². The van der Waals surface area contributed by atoms with Crippen molar-refractivity contribution in [2.24, 2.45) is 0 Å². The summed E-state index contributed by atoms with van der Waals surface area (Å²) in [5.74, 6) is -0.499. The number of nitrogens with one attached hydrogen (secondary N) is 2. The number of hydrogen-bond donors (Lipinski definition) is 2. The number of rotatable bonds is 7. The van der Waals surface area contributed by atoms with Crippen LogP contribution in [0.4, 0.5) is 0 Å². The highest BCUT2D eigenvalue weighted by molar-refractivity contribution is 5.85. The van der Waals surface area contributed by atoms with Crippen molar-refractivity contribution in [3.63, 3.8) is 0 Å². The van der Waals surface area contributed by atoms with Crippen LogP contribution in [0, 0.1) is 0 Å². The quantitative estimate of drug-likeness (QED) is 0.767. The topological polar surface area (TPSA) is 67.4 Å². The van der Waals surface area contributed by atoms with E-state index < -0.39 is 0 Å². The fourth-order valence-corrected chi connectivity index (χ4v) is 1.44. The Morgan fingerprint density at radius 3 is 2.47 bits per heavy atom. The molecule has 0 bridgehead atoms.